The number of benzene rings is 1. The van der Waals surface area contributed by atoms with Crippen molar-refractivity contribution in [1.82, 2.24) is 30.4 Å². The third-order valence-electron chi connectivity index (χ3n) is 3.94. The van der Waals surface area contributed by atoms with Gasteiger partial charge in [0.2, 0.25) is 11.0 Å². The highest BCUT2D eigenvalue weighted by atomic mass is 32.2. The van der Waals surface area contributed by atoms with Gasteiger partial charge in [-0.2, -0.15) is 4.68 Å². The molecule has 0 aliphatic heterocycles. The van der Waals surface area contributed by atoms with Crippen molar-refractivity contribution in [1.29, 1.82) is 0 Å². The smallest absolute Gasteiger partial charge is 0.228 e. The fraction of sp³-hybridized carbons (Fsp3) is 0.375. The van der Waals surface area contributed by atoms with Gasteiger partial charge in [0, 0.05) is 12.5 Å². The fourth-order valence-electron chi connectivity index (χ4n) is 2.52. The number of tetrazole rings is 1. The molecule has 134 valence electrons. The molecule has 26 heavy (non-hydrogen) atoms. The monoisotopic (exact) mass is 387 g/mol. The lowest BCUT2D eigenvalue weighted by Crippen LogP contribution is -2.32. The van der Waals surface area contributed by atoms with Crippen molar-refractivity contribution in [2.24, 2.45) is 0 Å². The Morgan fingerprint density at radius 3 is 2.81 bits per heavy atom. The average molecular weight is 387 g/mol. The molecule has 1 amide bonds. The van der Waals surface area contributed by atoms with E-state index in [4.69, 9.17) is 0 Å². The highest BCUT2D eigenvalue weighted by Crippen LogP contribution is 2.36. The molecule has 1 fully saturated rings. The Hall–Kier alpha value is -2.33. The lowest BCUT2D eigenvalue weighted by Gasteiger charge is -2.17. The molecule has 0 N–H and O–H groups in total. The number of thioether (sulfide) groups is 1. The molecule has 0 unspecified atom stereocenters. The number of hydrogen-bond acceptors (Lipinski definition) is 8. The van der Waals surface area contributed by atoms with E-state index in [-0.39, 0.29) is 5.91 Å². The molecule has 0 radical (unpaired) electrons. The van der Waals surface area contributed by atoms with E-state index in [9.17, 15) is 4.79 Å². The van der Waals surface area contributed by atoms with E-state index in [0.717, 1.165) is 28.7 Å². The van der Waals surface area contributed by atoms with Crippen LogP contribution in [0.1, 0.15) is 32.0 Å². The van der Waals surface area contributed by atoms with Crippen LogP contribution in [-0.4, -0.2) is 42.4 Å². The number of carbonyl (C=O) groups excluding carboxylic acids is 1. The molecule has 8 nitrogen and oxygen atoms in total. The first kappa shape index (κ1) is 17.1. The van der Waals surface area contributed by atoms with Crippen molar-refractivity contribution in [2.45, 2.75) is 42.3 Å². The lowest BCUT2D eigenvalue weighted by molar-refractivity contribution is -0.118. The van der Waals surface area contributed by atoms with Gasteiger partial charge in [0.25, 0.3) is 0 Å². The summed E-state index contributed by atoms with van der Waals surface area (Å²) in [7, 11) is 0. The third-order valence-corrected chi connectivity index (χ3v) is 6.00. The fourth-order valence-corrected chi connectivity index (χ4v) is 4.36. The Balaban J connectivity index is 1.46. The van der Waals surface area contributed by atoms with Crippen molar-refractivity contribution in [3.8, 4) is 5.69 Å². The van der Waals surface area contributed by atoms with Crippen LogP contribution in [0.15, 0.2) is 34.7 Å². The first-order valence-electron chi connectivity index (χ1n) is 8.37. The molecule has 0 atom stereocenters. The van der Waals surface area contributed by atoms with E-state index >= 15 is 0 Å². The second-order valence-corrected chi connectivity index (χ2v) is 8.01. The first-order valence-corrected chi connectivity index (χ1v) is 10.2. The summed E-state index contributed by atoms with van der Waals surface area (Å²) >= 11 is 2.96. The maximum absolute atomic E-state index is 12.2. The van der Waals surface area contributed by atoms with Crippen LogP contribution in [0.4, 0.5) is 5.13 Å². The summed E-state index contributed by atoms with van der Waals surface area (Å²) in [6.45, 7) is 1.87. The van der Waals surface area contributed by atoms with Crippen LogP contribution in [0.3, 0.4) is 0 Å². The molecule has 1 saturated carbocycles. The van der Waals surface area contributed by atoms with Gasteiger partial charge < -0.3 is 0 Å². The summed E-state index contributed by atoms with van der Waals surface area (Å²) < 4.78 is 2.52. The topological polar surface area (TPSA) is 89.7 Å². The molecular weight excluding hydrogens is 370 g/mol. The summed E-state index contributed by atoms with van der Waals surface area (Å²) in [5, 5.41) is 21.1. The quantitative estimate of drug-likeness (QED) is 0.455. The maximum atomic E-state index is 12.2. The van der Waals surface area contributed by atoms with Crippen LogP contribution in [-0.2, 0) is 10.5 Å². The van der Waals surface area contributed by atoms with Crippen LogP contribution in [0.2, 0.25) is 0 Å². The second kappa shape index (κ2) is 7.50. The summed E-state index contributed by atoms with van der Waals surface area (Å²) in [5.41, 5.74) is 0.916. The van der Waals surface area contributed by atoms with E-state index in [1.54, 1.807) is 9.58 Å². The summed E-state index contributed by atoms with van der Waals surface area (Å²) in [5.74, 6) is 1.41. The number of aromatic nitrogens is 6. The minimum Gasteiger partial charge on any atom is -0.284 e. The van der Waals surface area contributed by atoms with Crippen molar-refractivity contribution >= 4 is 34.1 Å². The number of para-hydroxylation sites is 1. The van der Waals surface area contributed by atoms with E-state index in [1.807, 2.05) is 37.3 Å². The van der Waals surface area contributed by atoms with E-state index < -0.39 is 0 Å². The van der Waals surface area contributed by atoms with Gasteiger partial charge in [-0.25, -0.2) is 0 Å². The number of hydrogen-bond donors (Lipinski definition) is 0. The van der Waals surface area contributed by atoms with Crippen molar-refractivity contribution in [3.05, 3.63) is 36.2 Å². The molecule has 1 aromatic carbocycles. The zero-order valence-corrected chi connectivity index (χ0v) is 15.8. The molecule has 1 aliphatic rings. The first-order chi connectivity index (χ1) is 12.8. The Kier molecular flexibility index (Phi) is 4.93. The molecule has 0 bridgehead atoms. The van der Waals surface area contributed by atoms with Crippen molar-refractivity contribution in [2.75, 3.05) is 4.90 Å². The van der Waals surface area contributed by atoms with Crippen LogP contribution in [0.25, 0.3) is 5.69 Å². The normalized spacial score (nSPS) is 13.7. The Bertz CT molecular complexity index is 891. The Morgan fingerprint density at radius 2 is 2.08 bits per heavy atom. The molecule has 2 aromatic heterocycles. The van der Waals surface area contributed by atoms with Crippen LogP contribution in [0, 0.1) is 0 Å². The minimum atomic E-state index is 0.105. The predicted molar refractivity (Wildman–Crippen MR) is 99.4 cm³/mol. The number of amides is 1. The maximum Gasteiger partial charge on any atom is 0.228 e. The summed E-state index contributed by atoms with van der Waals surface area (Å²) in [4.78, 5) is 14.0. The summed E-state index contributed by atoms with van der Waals surface area (Å²) in [6, 6.07) is 10.0. The molecule has 4 rings (SSSR count). The Labute approximate surface area is 158 Å². The van der Waals surface area contributed by atoms with Gasteiger partial charge in [-0.05, 0) is 35.4 Å². The zero-order chi connectivity index (χ0) is 17.9. The lowest BCUT2D eigenvalue weighted by atomic mass is 10.3. The molecule has 0 saturated heterocycles. The van der Waals surface area contributed by atoms with Gasteiger partial charge in [-0.3, -0.25) is 9.69 Å². The van der Waals surface area contributed by atoms with Gasteiger partial charge >= 0.3 is 0 Å². The standard InChI is InChI=1S/C16H17N7OS2/c1-2-14(24)22(11-8-9-11)15-18-19-16(26-15)25-10-13-17-20-21-23(13)12-6-4-3-5-7-12/h3-7,11H,2,8-10H2,1H3. The molecule has 2 heterocycles. The summed E-state index contributed by atoms with van der Waals surface area (Å²) in [6.07, 6.45) is 2.56. The van der Waals surface area contributed by atoms with Gasteiger partial charge in [-0.1, -0.05) is 48.2 Å². The van der Waals surface area contributed by atoms with Gasteiger partial charge in [0.05, 0.1) is 11.4 Å². The largest absolute Gasteiger partial charge is 0.284 e. The molecule has 0 spiro atoms. The van der Waals surface area contributed by atoms with E-state index in [2.05, 4.69) is 25.7 Å². The second-order valence-electron chi connectivity index (χ2n) is 5.83. The van der Waals surface area contributed by atoms with Gasteiger partial charge in [0.15, 0.2) is 10.2 Å². The predicted octanol–water partition coefficient (Wildman–Crippen LogP) is 2.71. The molecule has 1 aliphatic carbocycles. The Morgan fingerprint density at radius 1 is 1.27 bits per heavy atom. The number of rotatable bonds is 7. The number of carbonyl (C=O) groups is 1. The van der Waals surface area contributed by atoms with Crippen LogP contribution >= 0.6 is 23.1 Å². The van der Waals surface area contributed by atoms with Gasteiger partial charge in [-0.15, -0.1) is 15.3 Å². The molecular formula is C16H17N7OS2. The van der Waals surface area contributed by atoms with Crippen LogP contribution in [0.5, 0.6) is 0 Å². The highest BCUT2D eigenvalue weighted by Gasteiger charge is 2.35. The van der Waals surface area contributed by atoms with Crippen molar-refractivity contribution in [3.63, 3.8) is 0 Å². The van der Waals surface area contributed by atoms with Gasteiger partial charge in [0.1, 0.15) is 0 Å². The zero-order valence-electron chi connectivity index (χ0n) is 14.1. The number of nitrogens with zero attached hydrogens (tertiary/aromatic N) is 7. The molecule has 3 aromatic rings. The highest BCUT2D eigenvalue weighted by molar-refractivity contribution is 8.00. The average Bonchev–Trinajstić information content (AvgIpc) is 3.20. The van der Waals surface area contributed by atoms with E-state index in [0.29, 0.717) is 23.3 Å². The SMILES string of the molecule is CCC(=O)N(c1nnc(SCc2nnnn2-c2ccccc2)s1)C1CC1. The third kappa shape index (κ3) is 3.61. The van der Waals surface area contributed by atoms with E-state index in [1.165, 1.54) is 23.1 Å². The van der Waals surface area contributed by atoms with Crippen molar-refractivity contribution < 1.29 is 4.79 Å². The molecule has 10 heteroatoms. The number of anilines is 1. The van der Waals surface area contributed by atoms with Crippen LogP contribution < -0.4 is 4.90 Å². The minimum absolute atomic E-state index is 0.105.